The molecule has 6 nitrogen and oxygen atoms in total. The lowest BCUT2D eigenvalue weighted by Gasteiger charge is -2.04. The lowest BCUT2D eigenvalue weighted by Crippen LogP contribution is -2.12. The first-order valence-corrected chi connectivity index (χ1v) is 5.23. The van der Waals surface area contributed by atoms with E-state index in [-0.39, 0.29) is 17.6 Å². The Bertz CT molecular complexity index is 546. The van der Waals surface area contributed by atoms with E-state index in [0.717, 1.165) is 0 Å². The van der Waals surface area contributed by atoms with Gasteiger partial charge in [0.2, 0.25) is 5.91 Å². The first-order chi connectivity index (χ1) is 8.65. The summed E-state index contributed by atoms with van der Waals surface area (Å²) in [5.41, 5.74) is 0.519. The van der Waals surface area contributed by atoms with Gasteiger partial charge in [0.25, 0.3) is 5.91 Å². The van der Waals surface area contributed by atoms with E-state index in [1.165, 1.54) is 19.4 Å². The van der Waals surface area contributed by atoms with Crippen LogP contribution in [0.3, 0.4) is 0 Å². The molecule has 0 saturated carbocycles. The molecule has 92 valence electrons. The highest BCUT2D eigenvalue weighted by molar-refractivity contribution is 6.02. The van der Waals surface area contributed by atoms with Crippen LogP contribution in [0.1, 0.15) is 17.5 Å². The summed E-state index contributed by atoms with van der Waals surface area (Å²) < 4.78 is 4.95. The molecular weight excluding hydrogens is 234 g/mol. The minimum absolute atomic E-state index is 0.199. The van der Waals surface area contributed by atoms with Crippen LogP contribution in [-0.4, -0.2) is 16.8 Å². The van der Waals surface area contributed by atoms with E-state index >= 15 is 0 Å². The van der Waals surface area contributed by atoms with Gasteiger partial charge in [-0.05, 0) is 24.3 Å². The molecule has 6 heteroatoms. The quantitative estimate of drug-likeness (QED) is 0.864. The smallest absolute Gasteiger partial charge is 0.291 e. The third kappa shape index (κ3) is 2.94. The molecule has 2 heterocycles. The number of nitrogens with one attached hydrogen (secondary N) is 2. The van der Waals surface area contributed by atoms with Gasteiger partial charge < -0.3 is 15.1 Å². The summed E-state index contributed by atoms with van der Waals surface area (Å²) in [5.74, 6) is 0.100. The molecule has 2 rings (SSSR count). The molecule has 2 N–H and O–H groups in total. The van der Waals surface area contributed by atoms with Crippen molar-refractivity contribution in [2.75, 3.05) is 10.6 Å². The number of carbonyl (C=O) groups excluding carboxylic acids is 2. The number of aromatic nitrogens is 1. The molecule has 18 heavy (non-hydrogen) atoms. The van der Waals surface area contributed by atoms with Crippen molar-refractivity contribution in [3.05, 3.63) is 42.5 Å². The largest absolute Gasteiger partial charge is 0.459 e. The second-order valence-electron chi connectivity index (χ2n) is 3.54. The molecule has 0 aliphatic rings. The topological polar surface area (TPSA) is 84.2 Å². The number of anilines is 2. The van der Waals surface area contributed by atoms with Crippen molar-refractivity contribution in [2.45, 2.75) is 6.92 Å². The van der Waals surface area contributed by atoms with Crippen LogP contribution in [0.15, 0.2) is 41.1 Å². The third-order valence-corrected chi connectivity index (χ3v) is 2.07. The Morgan fingerprint density at radius 2 is 2.06 bits per heavy atom. The monoisotopic (exact) mass is 245 g/mol. The zero-order chi connectivity index (χ0) is 13.0. The van der Waals surface area contributed by atoms with Crippen LogP contribution in [0.2, 0.25) is 0 Å². The number of rotatable bonds is 3. The van der Waals surface area contributed by atoms with Gasteiger partial charge in [-0.1, -0.05) is 0 Å². The standard InChI is InChI=1S/C12H11N3O3/c1-8(16)14-11-5-4-9(7-13-11)15-12(17)10-3-2-6-18-10/h2-7H,1H3,(H,15,17)(H,13,14,16). The van der Waals surface area contributed by atoms with Crippen LogP contribution in [0.25, 0.3) is 0 Å². The van der Waals surface area contributed by atoms with Crippen LogP contribution >= 0.6 is 0 Å². The maximum absolute atomic E-state index is 11.6. The SMILES string of the molecule is CC(=O)Nc1ccc(NC(=O)c2ccco2)cn1. The maximum atomic E-state index is 11.6. The van der Waals surface area contributed by atoms with Gasteiger partial charge >= 0.3 is 0 Å². The second-order valence-corrected chi connectivity index (χ2v) is 3.54. The fourth-order valence-electron chi connectivity index (χ4n) is 1.32. The van der Waals surface area contributed by atoms with Crippen molar-refractivity contribution < 1.29 is 14.0 Å². The van der Waals surface area contributed by atoms with Gasteiger partial charge in [-0.2, -0.15) is 0 Å². The lowest BCUT2D eigenvalue weighted by atomic mass is 10.3. The van der Waals surface area contributed by atoms with Crippen LogP contribution in [0, 0.1) is 0 Å². The number of carbonyl (C=O) groups is 2. The van der Waals surface area contributed by atoms with Crippen molar-refractivity contribution >= 4 is 23.3 Å². The molecule has 0 fully saturated rings. The van der Waals surface area contributed by atoms with Gasteiger partial charge in [-0.3, -0.25) is 9.59 Å². The summed E-state index contributed by atoms with van der Waals surface area (Å²) >= 11 is 0. The average molecular weight is 245 g/mol. The van der Waals surface area contributed by atoms with Gasteiger partial charge in [0, 0.05) is 6.92 Å². The molecule has 0 radical (unpaired) electrons. The molecule has 2 amide bonds. The molecule has 0 saturated heterocycles. The summed E-state index contributed by atoms with van der Waals surface area (Å²) in [7, 11) is 0. The summed E-state index contributed by atoms with van der Waals surface area (Å²) in [6.45, 7) is 1.40. The number of hydrogen-bond acceptors (Lipinski definition) is 4. The van der Waals surface area contributed by atoms with E-state index in [4.69, 9.17) is 4.42 Å². The molecule has 0 unspecified atom stereocenters. The van der Waals surface area contributed by atoms with E-state index in [2.05, 4.69) is 15.6 Å². The molecule has 0 aliphatic heterocycles. The molecular formula is C12H11N3O3. The Morgan fingerprint density at radius 1 is 1.22 bits per heavy atom. The van der Waals surface area contributed by atoms with Gasteiger partial charge in [0.05, 0.1) is 18.1 Å². The van der Waals surface area contributed by atoms with Crippen LogP contribution in [0.4, 0.5) is 11.5 Å². The van der Waals surface area contributed by atoms with Gasteiger partial charge in [-0.25, -0.2) is 4.98 Å². The number of pyridine rings is 1. The molecule has 0 spiro atoms. The Kier molecular flexibility index (Phi) is 3.38. The fourth-order valence-corrected chi connectivity index (χ4v) is 1.32. The Balaban J connectivity index is 2.02. The highest BCUT2D eigenvalue weighted by Gasteiger charge is 2.08. The molecule has 0 bridgehead atoms. The van der Waals surface area contributed by atoms with Crippen LogP contribution in [0.5, 0.6) is 0 Å². The molecule has 2 aromatic heterocycles. The third-order valence-electron chi connectivity index (χ3n) is 2.07. The minimum Gasteiger partial charge on any atom is -0.459 e. The van der Waals surface area contributed by atoms with Crippen molar-refractivity contribution in [2.24, 2.45) is 0 Å². The number of nitrogens with zero attached hydrogens (tertiary/aromatic N) is 1. The zero-order valence-corrected chi connectivity index (χ0v) is 9.64. The fraction of sp³-hybridized carbons (Fsp3) is 0.0833. The van der Waals surface area contributed by atoms with Gasteiger partial charge in [0.15, 0.2) is 5.76 Å². The average Bonchev–Trinajstić information content (AvgIpc) is 2.84. The normalized spacial score (nSPS) is 9.83. The Hall–Kier alpha value is -2.63. The Morgan fingerprint density at radius 3 is 2.61 bits per heavy atom. The summed E-state index contributed by atoms with van der Waals surface area (Å²) in [6, 6.07) is 6.43. The summed E-state index contributed by atoms with van der Waals surface area (Å²) in [4.78, 5) is 26.4. The predicted molar refractivity (Wildman–Crippen MR) is 65.2 cm³/mol. The molecule has 0 aliphatic carbocycles. The number of amides is 2. The molecule has 2 aromatic rings. The first kappa shape index (κ1) is 11.8. The number of furan rings is 1. The van der Waals surface area contributed by atoms with E-state index in [1.54, 1.807) is 24.3 Å². The maximum Gasteiger partial charge on any atom is 0.291 e. The van der Waals surface area contributed by atoms with Crippen LogP contribution in [-0.2, 0) is 4.79 Å². The second kappa shape index (κ2) is 5.13. The highest BCUT2D eigenvalue weighted by Crippen LogP contribution is 2.11. The lowest BCUT2D eigenvalue weighted by molar-refractivity contribution is -0.114. The summed E-state index contributed by atoms with van der Waals surface area (Å²) in [6.07, 6.45) is 2.87. The van der Waals surface area contributed by atoms with Crippen molar-refractivity contribution in [1.82, 2.24) is 4.98 Å². The first-order valence-electron chi connectivity index (χ1n) is 5.23. The molecule has 0 aromatic carbocycles. The van der Waals surface area contributed by atoms with Crippen molar-refractivity contribution in [3.8, 4) is 0 Å². The van der Waals surface area contributed by atoms with Crippen molar-refractivity contribution in [3.63, 3.8) is 0 Å². The highest BCUT2D eigenvalue weighted by atomic mass is 16.3. The van der Waals surface area contributed by atoms with Gasteiger partial charge in [-0.15, -0.1) is 0 Å². The minimum atomic E-state index is -0.353. The van der Waals surface area contributed by atoms with Crippen molar-refractivity contribution in [1.29, 1.82) is 0 Å². The van der Waals surface area contributed by atoms with Crippen LogP contribution < -0.4 is 10.6 Å². The molecule has 0 atom stereocenters. The number of hydrogen-bond donors (Lipinski definition) is 2. The van der Waals surface area contributed by atoms with E-state index < -0.39 is 0 Å². The summed E-state index contributed by atoms with van der Waals surface area (Å²) in [5, 5.41) is 5.15. The van der Waals surface area contributed by atoms with E-state index in [9.17, 15) is 9.59 Å². The van der Waals surface area contributed by atoms with Gasteiger partial charge in [0.1, 0.15) is 5.82 Å². The zero-order valence-electron chi connectivity index (χ0n) is 9.64. The Labute approximate surface area is 103 Å². The van der Waals surface area contributed by atoms with E-state index in [1.807, 2.05) is 0 Å². The predicted octanol–water partition coefficient (Wildman–Crippen LogP) is 1.89. The van der Waals surface area contributed by atoms with E-state index in [0.29, 0.717) is 11.5 Å².